The highest BCUT2D eigenvalue weighted by Crippen LogP contribution is 2.32. The normalized spacial score (nSPS) is 15.2. The molecule has 0 N–H and O–H groups in total. The Labute approximate surface area is 216 Å². The molecule has 5 rings (SSSR count). The first-order chi connectivity index (χ1) is 17.4. The van der Waals surface area contributed by atoms with Crippen LogP contribution in [0, 0.1) is 0 Å². The number of nitrogens with zero attached hydrogens (tertiary/aromatic N) is 4. The molecule has 1 aliphatic heterocycles. The first kappa shape index (κ1) is 24.7. The number of halogens is 1. The number of anilines is 1. The van der Waals surface area contributed by atoms with Crippen LogP contribution in [0.15, 0.2) is 70.8 Å². The van der Waals surface area contributed by atoms with E-state index in [-0.39, 0.29) is 15.8 Å². The molecule has 1 aliphatic rings. The van der Waals surface area contributed by atoms with Crippen LogP contribution in [0.4, 0.5) is 5.69 Å². The second-order valence-corrected chi connectivity index (χ2v) is 11.5. The summed E-state index contributed by atoms with van der Waals surface area (Å²) in [6, 6.07) is 14.6. The number of aromatic nitrogens is 3. The van der Waals surface area contributed by atoms with Gasteiger partial charge >= 0.3 is 0 Å². The highest BCUT2D eigenvalue weighted by molar-refractivity contribution is 7.91. The van der Waals surface area contributed by atoms with E-state index >= 15 is 0 Å². The molecule has 1 atom stereocenters. The molecule has 2 aromatic heterocycles. The molecule has 2 aromatic carbocycles. The second-order valence-electron chi connectivity index (χ2n) is 8.01. The number of benzene rings is 2. The van der Waals surface area contributed by atoms with Gasteiger partial charge in [-0.3, -0.25) is 9.19 Å². The monoisotopic (exact) mass is 546 g/mol. The van der Waals surface area contributed by atoms with Crippen molar-refractivity contribution in [2.24, 2.45) is 0 Å². The molecule has 36 heavy (non-hydrogen) atoms. The molecule has 0 spiro atoms. The van der Waals surface area contributed by atoms with E-state index in [1.165, 1.54) is 19.2 Å². The maximum Gasteiger partial charge on any atom is 0.270 e. The fourth-order valence-corrected chi connectivity index (χ4v) is 7.40. The average Bonchev–Trinajstić information content (AvgIpc) is 3.30. The molecule has 3 heterocycles. The lowest BCUT2D eigenvalue weighted by Crippen LogP contribution is -2.36. The maximum atomic E-state index is 13.7. The minimum absolute atomic E-state index is 0.0591. The number of hydrogen-bond donors (Lipinski definition) is 0. The molecule has 0 aliphatic carbocycles. The predicted octanol–water partition coefficient (Wildman–Crippen LogP) is 3.47. The van der Waals surface area contributed by atoms with Gasteiger partial charge in [0, 0.05) is 25.4 Å². The quantitative estimate of drug-likeness (QED) is 0.347. The topological polar surface area (TPSA) is 104 Å². The van der Waals surface area contributed by atoms with E-state index in [4.69, 9.17) is 21.1 Å². The van der Waals surface area contributed by atoms with Crippen LogP contribution in [0.5, 0.6) is 5.75 Å². The Morgan fingerprint density at radius 1 is 1.11 bits per heavy atom. The van der Waals surface area contributed by atoms with Crippen LogP contribution in [0.1, 0.15) is 5.69 Å². The van der Waals surface area contributed by atoms with E-state index in [0.717, 1.165) is 9.66 Å². The van der Waals surface area contributed by atoms with Gasteiger partial charge in [-0.2, -0.15) is 0 Å². The molecule has 0 bridgehead atoms. The first-order valence-corrected chi connectivity index (χ1v) is 14.3. The fraction of sp³-hybridized carbons (Fsp3) is 0.250. The zero-order chi connectivity index (χ0) is 25.3. The van der Waals surface area contributed by atoms with Crippen molar-refractivity contribution in [1.29, 1.82) is 0 Å². The standard InChI is InChI=1S/C24H23ClN4O5S2/c1-33-17-7-8-21-19(15-17)27-24(29(21)36(31,32)18-5-3-2-4-6-18)35(30)16-20-23(25)22(9-10-26-20)28-11-13-34-14-12-28/h2-10,15H,11-14,16H2,1H3. The number of hydrogen-bond acceptors (Lipinski definition) is 8. The Balaban J connectivity index is 1.59. The van der Waals surface area contributed by atoms with E-state index in [1.54, 1.807) is 48.7 Å². The smallest absolute Gasteiger partial charge is 0.270 e. The highest BCUT2D eigenvalue weighted by atomic mass is 35.5. The van der Waals surface area contributed by atoms with Crippen molar-refractivity contribution in [2.45, 2.75) is 15.8 Å². The lowest BCUT2D eigenvalue weighted by atomic mass is 10.3. The molecule has 188 valence electrons. The summed E-state index contributed by atoms with van der Waals surface area (Å²) in [6.45, 7) is 2.54. The van der Waals surface area contributed by atoms with Crippen molar-refractivity contribution >= 4 is 49.1 Å². The molecule has 0 saturated carbocycles. The van der Waals surface area contributed by atoms with Crippen LogP contribution < -0.4 is 9.64 Å². The number of fused-ring (bicyclic) bond motifs is 1. The summed E-state index contributed by atoms with van der Waals surface area (Å²) >= 11 is 6.68. The van der Waals surface area contributed by atoms with E-state index in [1.807, 2.05) is 0 Å². The molecule has 4 aromatic rings. The summed E-state index contributed by atoms with van der Waals surface area (Å²) < 4.78 is 52.7. The molecule has 1 fully saturated rings. The van der Waals surface area contributed by atoms with E-state index in [0.29, 0.717) is 53.8 Å². The third-order valence-electron chi connectivity index (χ3n) is 5.84. The number of ether oxygens (including phenoxy) is 2. The summed E-state index contributed by atoms with van der Waals surface area (Å²) in [5, 5.41) is 0.264. The van der Waals surface area contributed by atoms with Gasteiger partial charge in [-0.25, -0.2) is 17.4 Å². The molecule has 1 unspecified atom stereocenters. The summed E-state index contributed by atoms with van der Waals surface area (Å²) in [6.07, 6.45) is 1.61. The SMILES string of the molecule is COc1ccc2c(c1)nc(S(=O)Cc1nccc(N3CCOCC3)c1Cl)n2S(=O)(=O)c1ccccc1. The molecule has 9 nitrogen and oxygen atoms in total. The Kier molecular flexibility index (Phi) is 6.98. The van der Waals surface area contributed by atoms with Gasteiger partial charge in [0.25, 0.3) is 10.0 Å². The zero-order valence-electron chi connectivity index (χ0n) is 19.3. The van der Waals surface area contributed by atoms with Crippen LogP contribution in [-0.4, -0.2) is 60.0 Å². The van der Waals surface area contributed by atoms with Crippen molar-refractivity contribution < 1.29 is 22.1 Å². The number of morpholine rings is 1. The Morgan fingerprint density at radius 2 is 1.86 bits per heavy atom. The lowest BCUT2D eigenvalue weighted by Gasteiger charge is -2.29. The van der Waals surface area contributed by atoms with Gasteiger partial charge in [-0.15, -0.1) is 0 Å². The summed E-state index contributed by atoms with van der Waals surface area (Å²) in [4.78, 5) is 10.9. The van der Waals surface area contributed by atoms with Gasteiger partial charge in [0.15, 0.2) is 0 Å². The number of pyridine rings is 1. The van der Waals surface area contributed by atoms with Gasteiger partial charge in [0.1, 0.15) is 5.75 Å². The van der Waals surface area contributed by atoms with E-state index < -0.39 is 20.8 Å². The minimum Gasteiger partial charge on any atom is -0.497 e. The third-order valence-corrected chi connectivity index (χ3v) is 9.30. The van der Waals surface area contributed by atoms with Gasteiger partial charge in [0.2, 0.25) is 5.16 Å². The van der Waals surface area contributed by atoms with Crippen molar-refractivity contribution in [3.8, 4) is 5.75 Å². The second kappa shape index (κ2) is 10.2. The van der Waals surface area contributed by atoms with Crippen LogP contribution in [0.25, 0.3) is 11.0 Å². The molecular weight excluding hydrogens is 524 g/mol. The Morgan fingerprint density at radius 3 is 2.58 bits per heavy atom. The van der Waals surface area contributed by atoms with Crippen LogP contribution in [0.3, 0.4) is 0 Å². The minimum atomic E-state index is -4.10. The maximum absolute atomic E-state index is 13.7. The molecular formula is C24H23ClN4O5S2. The van der Waals surface area contributed by atoms with Crippen molar-refractivity contribution in [1.82, 2.24) is 13.9 Å². The Bertz CT molecular complexity index is 1540. The predicted molar refractivity (Wildman–Crippen MR) is 138 cm³/mol. The fourth-order valence-electron chi connectivity index (χ4n) is 4.03. The van der Waals surface area contributed by atoms with E-state index in [2.05, 4.69) is 14.9 Å². The molecule has 0 amide bonds. The van der Waals surface area contributed by atoms with Crippen molar-refractivity contribution in [2.75, 3.05) is 38.3 Å². The first-order valence-electron chi connectivity index (χ1n) is 11.1. The van der Waals surface area contributed by atoms with Gasteiger partial charge in [-0.1, -0.05) is 29.8 Å². The summed E-state index contributed by atoms with van der Waals surface area (Å²) in [5.41, 5.74) is 1.81. The van der Waals surface area contributed by atoms with Gasteiger partial charge in [-0.05, 0) is 30.3 Å². The van der Waals surface area contributed by atoms with Crippen molar-refractivity contribution in [3.63, 3.8) is 0 Å². The van der Waals surface area contributed by atoms with Crippen LogP contribution >= 0.6 is 11.6 Å². The molecule has 12 heteroatoms. The molecule has 0 radical (unpaired) electrons. The van der Waals surface area contributed by atoms with Gasteiger partial charge < -0.3 is 14.4 Å². The Hall–Kier alpha value is -2.99. The largest absolute Gasteiger partial charge is 0.497 e. The highest BCUT2D eigenvalue weighted by Gasteiger charge is 2.28. The van der Waals surface area contributed by atoms with Crippen LogP contribution in [-0.2, 0) is 31.3 Å². The number of rotatable bonds is 7. The average molecular weight is 547 g/mol. The van der Waals surface area contributed by atoms with Gasteiger partial charge in [0.05, 0.1) is 69.2 Å². The summed E-state index contributed by atoms with van der Waals surface area (Å²) in [5.74, 6) is 0.395. The number of methoxy groups -OCH3 is 1. The third kappa shape index (κ3) is 4.59. The molecule has 1 saturated heterocycles. The van der Waals surface area contributed by atoms with Crippen LogP contribution in [0.2, 0.25) is 5.02 Å². The van der Waals surface area contributed by atoms with Crippen molar-refractivity contribution in [3.05, 3.63) is 71.5 Å². The zero-order valence-corrected chi connectivity index (χ0v) is 21.7. The van der Waals surface area contributed by atoms with E-state index in [9.17, 15) is 12.6 Å². The summed E-state index contributed by atoms with van der Waals surface area (Å²) in [7, 11) is -4.48. The lowest BCUT2D eigenvalue weighted by molar-refractivity contribution is 0.122. The number of imidazole rings is 1.